The first-order valence-electron chi connectivity index (χ1n) is 11.2. The average Bonchev–Trinajstić information content (AvgIpc) is 3.23. The Kier molecular flexibility index (Phi) is 6.83. The van der Waals surface area contributed by atoms with Crippen molar-refractivity contribution in [2.75, 3.05) is 34.4 Å². The van der Waals surface area contributed by atoms with Gasteiger partial charge >= 0.3 is 0 Å². The Bertz CT molecular complexity index is 1000. The number of guanidine groups is 1. The molecule has 0 radical (unpaired) electrons. The SMILES string of the molecule is CN=C(NCc1ccccc1CN1CCCC1=O)N1CCc2cc(OC)c(OC)cc2C1. The van der Waals surface area contributed by atoms with Gasteiger partial charge in [-0.05, 0) is 47.2 Å². The minimum Gasteiger partial charge on any atom is -0.493 e. The second kappa shape index (κ2) is 9.94. The summed E-state index contributed by atoms with van der Waals surface area (Å²) in [6.45, 7) is 3.84. The van der Waals surface area contributed by atoms with E-state index in [0.717, 1.165) is 49.9 Å². The lowest BCUT2D eigenvalue weighted by molar-refractivity contribution is -0.128. The molecule has 1 saturated heterocycles. The summed E-state index contributed by atoms with van der Waals surface area (Å²) in [5.74, 6) is 2.65. The maximum Gasteiger partial charge on any atom is 0.222 e. The van der Waals surface area contributed by atoms with Crippen molar-refractivity contribution in [2.45, 2.75) is 38.9 Å². The van der Waals surface area contributed by atoms with Crippen molar-refractivity contribution in [3.63, 3.8) is 0 Å². The number of hydrogen-bond acceptors (Lipinski definition) is 4. The summed E-state index contributed by atoms with van der Waals surface area (Å²) in [6, 6.07) is 12.5. The molecule has 0 spiro atoms. The lowest BCUT2D eigenvalue weighted by Crippen LogP contribution is -2.43. The highest BCUT2D eigenvalue weighted by Crippen LogP contribution is 2.33. The van der Waals surface area contributed by atoms with Crippen molar-refractivity contribution in [3.8, 4) is 11.5 Å². The second-order valence-corrected chi connectivity index (χ2v) is 8.24. The van der Waals surface area contributed by atoms with Crippen LogP contribution >= 0.6 is 0 Å². The fourth-order valence-corrected chi connectivity index (χ4v) is 4.53. The topological polar surface area (TPSA) is 66.4 Å². The zero-order valence-electron chi connectivity index (χ0n) is 19.2. The molecule has 1 amide bonds. The largest absolute Gasteiger partial charge is 0.493 e. The highest BCUT2D eigenvalue weighted by Gasteiger charge is 2.23. The first-order valence-corrected chi connectivity index (χ1v) is 11.2. The summed E-state index contributed by atoms with van der Waals surface area (Å²) in [5, 5.41) is 3.53. The molecule has 0 saturated carbocycles. The summed E-state index contributed by atoms with van der Waals surface area (Å²) < 4.78 is 10.9. The molecule has 32 heavy (non-hydrogen) atoms. The number of carbonyl (C=O) groups is 1. The van der Waals surface area contributed by atoms with Gasteiger partial charge in [0.05, 0.1) is 14.2 Å². The van der Waals surface area contributed by atoms with Crippen LogP contribution in [0.3, 0.4) is 0 Å². The molecule has 1 fully saturated rings. The summed E-state index contributed by atoms with van der Waals surface area (Å²) in [6.07, 6.45) is 2.54. The summed E-state index contributed by atoms with van der Waals surface area (Å²) in [4.78, 5) is 20.8. The number of likely N-dealkylation sites (tertiary alicyclic amines) is 1. The van der Waals surface area contributed by atoms with Gasteiger partial charge in [0.15, 0.2) is 17.5 Å². The normalized spacial score (nSPS) is 16.2. The van der Waals surface area contributed by atoms with Gasteiger partial charge in [0.25, 0.3) is 0 Å². The third kappa shape index (κ3) is 4.66. The van der Waals surface area contributed by atoms with Gasteiger partial charge in [0.1, 0.15) is 0 Å². The van der Waals surface area contributed by atoms with E-state index in [9.17, 15) is 4.79 Å². The van der Waals surface area contributed by atoms with Crippen molar-refractivity contribution < 1.29 is 14.3 Å². The first-order chi connectivity index (χ1) is 15.6. The fraction of sp³-hybridized carbons (Fsp3) is 0.440. The molecule has 0 aromatic heterocycles. The van der Waals surface area contributed by atoms with Crippen molar-refractivity contribution >= 4 is 11.9 Å². The van der Waals surface area contributed by atoms with Crippen LogP contribution in [0.1, 0.15) is 35.1 Å². The van der Waals surface area contributed by atoms with Crippen LogP contribution in [0.25, 0.3) is 0 Å². The number of carbonyl (C=O) groups excluding carboxylic acids is 1. The van der Waals surface area contributed by atoms with Crippen LogP contribution in [0.2, 0.25) is 0 Å². The summed E-state index contributed by atoms with van der Waals surface area (Å²) in [7, 11) is 5.16. The Hall–Kier alpha value is -3.22. The lowest BCUT2D eigenvalue weighted by Gasteiger charge is -2.32. The average molecular weight is 437 g/mol. The van der Waals surface area contributed by atoms with Crippen molar-refractivity contribution in [3.05, 3.63) is 58.7 Å². The lowest BCUT2D eigenvalue weighted by atomic mass is 9.99. The fourth-order valence-electron chi connectivity index (χ4n) is 4.53. The Balaban J connectivity index is 1.44. The smallest absolute Gasteiger partial charge is 0.222 e. The molecule has 4 rings (SSSR count). The summed E-state index contributed by atoms with van der Waals surface area (Å²) in [5.41, 5.74) is 4.89. The molecule has 0 bridgehead atoms. The maximum absolute atomic E-state index is 12.1. The van der Waals surface area contributed by atoms with Crippen LogP contribution < -0.4 is 14.8 Å². The minimum atomic E-state index is 0.252. The number of amides is 1. The van der Waals surface area contributed by atoms with Crippen molar-refractivity contribution in [2.24, 2.45) is 4.99 Å². The standard InChI is InChI=1S/C25H32N4O3/c1-26-25(29-12-10-18-13-22(31-2)23(32-3)14-21(18)17-29)27-15-19-7-4-5-8-20(19)16-28-11-6-9-24(28)30/h4-5,7-8,13-14H,6,9-12,15-17H2,1-3H3,(H,26,27). The number of nitrogens with zero attached hydrogens (tertiary/aromatic N) is 3. The van der Waals surface area contributed by atoms with Crippen LogP contribution in [0.4, 0.5) is 0 Å². The number of rotatable bonds is 6. The molecule has 2 heterocycles. The molecule has 2 aliphatic heterocycles. The van der Waals surface area contributed by atoms with E-state index in [2.05, 4.69) is 39.5 Å². The number of benzene rings is 2. The van der Waals surface area contributed by atoms with Crippen LogP contribution in [-0.4, -0.2) is 56.0 Å². The molecular weight excluding hydrogens is 404 g/mol. The molecule has 0 unspecified atom stereocenters. The van der Waals surface area contributed by atoms with Gasteiger partial charge in [-0.1, -0.05) is 24.3 Å². The monoisotopic (exact) mass is 436 g/mol. The van der Waals surface area contributed by atoms with Crippen LogP contribution in [-0.2, 0) is 30.8 Å². The molecule has 0 aliphatic carbocycles. The third-order valence-electron chi connectivity index (χ3n) is 6.32. The van der Waals surface area contributed by atoms with Gasteiger partial charge in [-0.25, -0.2) is 0 Å². The van der Waals surface area contributed by atoms with Gasteiger partial charge in [0.2, 0.25) is 5.91 Å². The highest BCUT2D eigenvalue weighted by atomic mass is 16.5. The van der Waals surface area contributed by atoms with Crippen LogP contribution in [0.5, 0.6) is 11.5 Å². The van der Waals surface area contributed by atoms with Gasteiger partial charge < -0.3 is 24.6 Å². The van der Waals surface area contributed by atoms with E-state index in [-0.39, 0.29) is 5.91 Å². The molecule has 170 valence electrons. The molecule has 1 N–H and O–H groups in total. The molecule has 2 aromatic rings. The van der Waals surface area contributed by atoms with Crippen molar-refractivity contribution in [1.82, 2.24) is 15.1 Å². The Morgan fingerprint density at radius 3 is 2.41 bits per heavy atom. The number of nitrogens with one attached hydrogen (secondary N) is 1. The maximum atomic E-state index is 12.1. The van der Waals surface area contributed by atoms with Gasteiger partial charge in [-0.3, -0.25) is 9.79 Å². The molecule has 2 aliphatic rings. The quantitative estimate of drug-likeness (QED) is 0.557. The molecule has 7 heteroatoms. The molecule has 0 atom stereocenters. The first kappa shape index (κ1) is 22.0. The van der Waals surface area contributed by atoms with Crippen molar-refractivity contribution in [1.29, 1.82) is 0 Å². The van der Waals surface area contributed by atoms with E-state index in [0.29, 0.717) is 19.5 Å². The predicted molar refractivity (Wildman–Crippen MR) is 125 cm³/mol. The zero-order chi connectivity index (χ0) is 22.5. The molecule has 7 nitrogen and oxygen atoms in total. The number of methoxy groups -OCH3 is 2. The minimum absolute atomic E-state index is 0.252. The number of hydrogen-bond donors (Lipinski definition) is 1. The number of aliphatic imine (C=N–C) groups is 1. The Morgan fingerprint density at radius 2 is 1.75 bits per heavy atom. The van der Waals surface area contributed by atoms with Crippen LogP contribution in [0.15, 0.2) is 41.4 Å². The van der Waals surface area contributed by atoms with Crippen LogP contribution in [0, 0.1) is 0 Å². The van der Waals surface area contributed by atoms with E-state index in [1.165, 1.54) is 22.3 Å². The zero-order valence-corrected chi connectivity index (χ0v) is 19.2. The number of fused-ring (bicyclic) bond motifs is 1. The predicted octanol–water partition coefficient (Wildman–Crippen LogP) is 2.96. The Labute approximate surface area is 190 Å². The highest BCUT2D eigenvalue weighted by molar-refractivity contribution is 5.80. The van der Waals surface area contributed by atoms with E-state index in [4.69, 9.17) is 9.47 Å². The third-order valence-corrected chi connectivity index (χ3v) is 6.32. The van der Waals surface area contributed by atoms with Gasteiger partial charge in [0, 0.05) is 46.2 Å². The second-order valence-electron chi connectivity index (χ2n) is 8.24. The van der Waals surface area contributed by atoms with Gasteiger partial charge in [-0.15, -0.1) is 0 Å². The number of ether oxygens (including phenoxy) is 2. The van der Waals surface area contributed by atoms with Gasteiger partial charge in [-0.2, -0.15) is 0 Å². The summed E-state index contributed by atoms with van der Waals surface area (Å²) >= 11 is 0. The molecular formula is C25H32N4O3. The van der Waals surface area contributed by atoms with E-state index < -0.39 is 0 Å². The van der Waals surface area contributed by atoms with E-state index >= 15 is 0 Å². The Morgan fingerprint density at radius 1 is 1.03 bits per heavy atom. The van der Waals surface area contributed by atoms with E-state index in [1.807, 2.05) is 24.1 Å². The van der Waals surface area contributed by atoms with E-state index in [1.54, 1.807) is 14.2 Å². The molecule has 2 aromatic carbocycles.